The first-order valence-corrected chi connectivity index (χ1v) is 4.81. The Bertz CT molecular complexity index is 388. The van der Waals surface area contributed by atoms with E-state index in [1.165, 1.54) is 19.2 Å². The van der Waals surface area contributed by atoms with E-state index in [4.69, 9.17) is 4.74 Å². The van der Waals surface area contributed by atoms with E-state index in [0.717, 1.165) is 0 Å². The second-order valence-electron chi connectivity index (χ2n) is 3.57. The van der Waals surface area contributed by atoms with Gasteiger partial charge in [0.25, 0.3) is 0 Å². The molecule has 1 aromatic rings. The van der Waals surface area contributed by atoms with E-state index in [2.05, 4.69) is 5.32 Å². The fourth-order valence-electron chi connectivity index (χ4n) is 1.53. The molecule has 0 amide bonds. The SMILES string of the molecule is COc1ccc(C(=O)C2CNC2)cc1F. The molecule has 0 radical (unpaired) electrons. The summed E-state index contributed by atoms with van der Waals surface area (Å²) in [5.41, 5.74) is 0.416. The molecule has 1 aromatic carbocycles. The molecule has 1 fully saturated rings. The lowest BCUT2D eigenvalue weighted by Crippen LogP contribution is -2.46. The number of ketones is 1. The van der Waals surface area contributed by atoms with Crippen LogP contribution in [0.3, 0.4) is 0 Å². The predicted octanol–water partition coefficient (Wildman–Crippen LogP) is 1.24. The van der Waals surface area contributed by atoms with Crippen LogP contribution < -0.4 is 10.1 Å². The lowest BCUT2D eigenvalue weighted by molar-refractivity contribution is 0.0877. The number of Topliss-reactive ketones (excluding diaryl/α,β-unsaturated/α-hetero) is 1. The lowest BCUT2D eigenvalue weighted by Gasteiger charge is -2.25. The quantitative estimate of drug-likeness (QED) is 0.761. The summed E-state index contributed by atoms with van der Waals surface area (Å²) in [6.45, 7) is 1.37. The molecule has 0 aliphatic carbocycles. The van der Waals surface area contributed by atoms with Crippen LogP contribution in [0.4, 0.5) is 4.39 Å². The van der Waals surface area contributed by atoms with Crippen LogP contribution in [0.2, 0.25) is 0 Å². The van der Waals surface area contributed by atoms with Gasteiger partial charge in [0.15, 0.2) is 17.3 Å². The number of ether oxygens (including phenoxy) is 1. The van der Waals surface area contributed by atoms with Crippen molar-refractivity contribution in [2.45, 2.75) is 0 Å². The molecule has 15 heavy (non-hydrogen) atoms. The Morgan fingerprint density at radius 2 is 2.27 bits per heavy atom. The van der Waals surface area contributed by atoms with Crippen LogP contribution in [0.25, 0.3) is 0 Å². The van der Waals surface area contributed by atoms with Crippen LogP contribution in [0.1, 0.15) is 10.4 Å². The molecule has 0 bridgehead atoms. The van der Waals surface area contributed by atoms with Gasteiger partial charge in [-0.05, 0) is 18.2 Å². The highest BCUT2D eigenvalue weighted by Gasteiger charge is 2.26. The molecule has 0 saturated carbocycles. The topological polar surface area (TPSA) is 38.3 Å². The Labute approximate surface area is 87.2 Å². The van der Waals surface area contributed by atoms with E-state index in [0.29, 0.717) is 18.7 Å². The van der Waals surface area contributed by atoms with Gasteiger partial charge in [-0.25, -0.2) is 4.39 Å². The van der Waals surface area contributed by atoms with Gasteiger partial charge in [-0.3, -0.25) is 4.79 Å². The first kappa shape index (κ1) is 10.1. The number of rotatable bonds is 3. The maximum atomic E-state index is 13.3. The minimum Gasteiger partial charge on any atom is -0.494 e. The second-order valence-corrected chi connectivity index (χ2v) is 3.57. The first-order chi connectivity index (χ1) is 7.22. The third-order valence-electron chi connectivity index (χ3n) is 2.59. The number of nitrogens with one attached hydrogen (secondary N) is 1. The van der Waals surface area contributed by atoms with Gasteiger partial charge in [-0.1, -0.05) is 0 Å². The number of carbonyl (C=O) groups is 1. The smallest absolute Gasteiger partial charge is 0.168 e. The summed E-state index contributed by atoms with van der Waals surface area (Å²) in [6.07, 6.45) is 0. The van der Waals surface area contributed by atoms with Gasteiger partial charge >= 0.3 is 0 Å². The van der Waals surface area contributed by atoms with Crippen molar-refractivity contribution in [3.8, 4) is 5.75 Å². The number of benzene rings is 1. The van der Waals surface area contributed by atoms with Gasteiger partial charge in [0, 0.05) is 24.6 Å². The Hall–Kier alpha value is -1.42. The van der Waals surface area contributed by atoms with E-state index in [9.17, 15) is 9.18 Å². The molecule has 1 aliphatic rings. The van der Waals surface area contributed by atoms with E-state index >= 15 is 0 Å². The number of carbonyl (C=O) groups excluding carboxylic acids is 1. The average molecular weight is 209 g/mol. The summed E-state index contributed by atoms with van der Waals surface area (Å²) in [4.78, 5) is 11.7. The summed E-state index contributed by atoms with van der Waals surface area (Å²) in [6, 6.07) is 4.32. The number of hydrogen-bond donors (Lipinski definition) is 1. The van der Waals surface area contributed by atoms with E-state index in [1.54, 1.807) is 6.07 Å². The fourth-order valence-corrected chi connectivity index (χ4v) is 1.53. The molecule has 1 aliphatic heterocycles. The van der Waals surface area contributed by atoms with E-state index < -0.39 is 5.82 Å². The van der Waals surface area contributed by atoms with Crippen LogP contribution >= 0.6 is 0 Å². The number of hydrogen-bond acceptors (Lipinski definition) is 3. The third kappa shape index (κ3) is 1.85. The number of methoxy groups -OCH3 is 1. The fraction of sp³-hybridized carbons (Fsp3) is 0.364. The van der Waals surface area contributed by atoms with Gasteiger partial charge in [0.05, 0.1) is 7.11 Å². The van der Waals surface area contributed by atoms with Gasteiger partial charge in [0.1, 0.15) is 0 Å². The van der Waals surface area contributed by atoms with Crippen molar-refractivity contribution in [1.82, 2.24) is 5.32 Å². The highest BCUT2D eigenvalue weighted by molar-refractivity contribution is 5.98. The summed E-state index contributed by atoms with van der Waals surface area (Å²) in [5.74, 6) is -0.331. The van der Waals surface area contributed by atoms with Gasteiger partial charge < -0.3 is 10.1 Å². The van der Waals surface area contributed by atoms with Gasteiger partial charge in [0.2, 0.25) is 0 Å². The van der Waals surface area contributed by atoms with Crippen molar-refractivity contribution in [2.75, 3.05) is 20.2 Å². The van der Waals surface area contributed by atoms with E-state index in [-0.39, 0.29) is 17.5 Å². The Morgan fingerprint density at radius 1 is 1.53 bits per heavy atom. The van der Waals surface area contributed by atoms with Gasteiger partial charge in [-0.2, -0.15) is 0 Å². The highest BCUT2D eigenvalue weighted by Crippen LogP contribution is 2.20. The average Bonchev–Trinajstić information content (AvgIpc) is 2.15. The minimum atomic E-state index is -0.490. The molecule has 80 valence electrons. The second kappa shape index (κ2) is 3.98. The van der Waals surface area contributed by atoms with Crippen LogP contribution in [-0.2, 0) is 0 Å². The van der Waals surface area contributed by atoms with Crippen LogP contribution in [0, 0.1) is 11.7 Å². The van der Waals surface area contributed by atoms with Gasteiger partial charge in [-0.15, -0.1) is 0 Å². The Kier molecular flexibility index (Phi) is 2.68. The van der Waals surface area contributed by atoms with E-state index in [1.807, 2.05) is 0 Å². The lowest BCUT2D eigenvalue weighted by atomic mass is 9.93. The molecule has 1 N–H and O–H groups in total. The zero-order chi connectivity index (χ0) is 10.8. The Morgan fingerprint density at radius 3 is 2.73 bits per heavy atom. The number of halogens is 1. The normalized spacial score (nSPS) is 15.9. The molecular weight excluding hydrogens is 197 g/mol. The van der Waals surface area contributed by atoms with Crippen molar-refractivity contribution in [3.05, 3.63) is 29.6 Å². The molecule has 0 aromatic heterocycles. The van der Waals surface area contributed by atoms with Crippen molar-refractivity contribution in [3.63, 3.8) is 0 Å². The maximum absolute atomic E-state index is 13.3. The zero-order valence-corrected chi connectivity index (χ0v) is 8.42. The molecule has 1 saturated heterocycles. The molecule has 0 unspecified atom stereocenters. The molecule has 4 heteroatoms. The summed E-state index contributed by atoms with van der Waals surface area (Å²) in [7, 11) is 1.40. The summed E-state index contributed by atoms with van der Waals surface area (Å²) < 4.78 is 18.1. The molecule has 1 heterocycles. The molecule has 2 rings (SSSR count). The maximum Gasteiger partial charge on any atom is 0.168 e. The summed E-state index contributed by atoms with van der Waals surface area (Å²) >= 11 is 0. The minimum absolute atomic E-state index is 0.00204. The molecule has 3 nitrogen and oxygen atoms in total. The standard InChI is InChI=1S/C11H12FNO2/c1-15-10-3-2-7(4-9(10)12)11(14)8-5-13-6-8/h2-4,8,13H,5-6H2,1H3. The highest BCUT2D eigenvalue weighted by atomic mass is 19.1. The van der Waals surface area contributed by atoms with Crippen molar-refractivity contribution < 1.29 is 13.9 Å². The third-order valence-corrected chi connectivity index (χ3v) is 2.59. The Balaban J connectivity index is 2.21. The largest absolute Gasteiger partial charge is 0.494 e. The van der Waals surface area contributed by atoms with Crippen molar-refractivity contribution >= 4 is 5.78 Å². The summed E-state index contributed by atoms with van der Waals surface area (Å²) in [5, 5.41) is 3.01. The van der Waals surface area contributed by atoms with Crippen LogP contribution in [-0.4, -0.2) is 26.0 Å². The van der Waals surface area contributed by atoms with Crippen molar-refractivity contribution in [2.24, 2.45) is 5.92 Å². The van der Waals surface area contributed by atoms with Crippen molar-refractivity contribution in [1.29, 1.82) is 0 Å². The zero-order valence-electron chi connectivity index (χ0n) is 8.42. The predicted molar refractivity (Wildman–Crippen MR) is 53.6 cm³/mol. The first-order valence-electron chi connectivity index (χ1n) is 4.81. The van der Waals surface area contributed by atoms with Crippen LogP contribution in [0.15, 0.2) is 18.2 Å². The van der Waals surface area contributed by atoms with Crippen LogP contribution in [0.5, 0.6) is 5.75 Å². The monoisotopic (exact) mass is 209 g/mol. The molecule has 0 spiro atoms. The molecule has 0 atom stereocenters. The molecular formula is C11H12FNO2.